The Hall–Kier alpha value is -1.63. The molecule has 1 rings (SSSR count). The van der Waals surface area contributed by atoms with Crippen LogP contribution in [-0.4, -0.2) is 71.5 Å². The Balaban J connectivity index is 2.43. The lowest BCUT2D eigenvalue weighted by Crippen LogP contribution is -2.57. The van der Waals surface area contributed by atoms with Crippen molar-refractivity contribution in [3.8, 4) is 0 Å². The first-order chi connectivity index (χ1) is 9.49. The van der Waals surface area contributed by atoms with Gasteiger partial charge in [0.25, 0.3) is 0 Å². The zero-order chi connectivity index (χ0) is 15.1. The van der Waals surface area contributed by atoms with E-state index in [0.717, 1.165) is 0 Å². The highest BCUT2D eigenvalue weighted by Crippen LogP contribution is 2.07. The van der Waals surface area contributed by atoms with Crippen LogP contribution in [0.2, 0.25) is 0 Å². The summed E-state index contributed by atoms with van der Waals surface area (Å²) in [6.45, 7) is 5.86. The highest BCUT2D eigenvalue weighted by atomic mass is 16.4. The van der Waals surface area contributed by atoms with Gasteiger partial charge in [-0.05, 0) is 20.3 Å². The minimum absolute atomic E-state index is 0.0725. The second-order valence-electron chi connectivity index (χ2n) is 4.80. The number of carbonyl (C=O) groups is 3. The van der Waals surface area contributed by atoms with Gasteiger partial charge in [0.05, 0.1) is 6.54 Å². The van der Waals surface area contributed by atoms with Gasteiger partial charge in [0.2, 0.25) is 11.8 Å². The second-order valence-corrected chi connectivity index (χ2v) is 4.80. The molecule has 7 heteroatoms. The zero-order valence-electron chi connectivity index (χ0n) is 12.1. The van der Waals surface area contributed by atoms with Crippen LogP contribution in [0, 0.1) is 0 Å². The molecule has 2 N–H and O–H groups in total. The van der Waals surface area contributed by atoms with Gasteiger partial charge in [0.1, 0.15) is 6.04 Å². The molecule has 0 aromatic carbocycles. The third-order valence-electron chi connectivity index (χ3n) is 3.52. The molecule has 1 heterocycles. The van der Waals surface area contributed by atoms with Gasteiger partial charge in [-0.3, -0.25) is 19.3 Å². The molecule has 1 atom stereocenters. The van der Waals surface area contributed by atoms with Crippen LogP contribution in [-0.2, 0) is 14.4 Å². The largest absolute Gasteiger partial charge is 0.480 e. The molecule has 0 bridgehead atoms. The summed E-state index contributed by atoms with van der Waals surface area (Å²) in [7, 11) is 0. The number of carboxylic acids is 1. The summed E-state index contributed by atoms with van der Waals surface area (Å²) in [6, 6.07) is -0.698. The summed E-state index contributed by atoms with van der Waals surface area (Å²) in [5.74, 6) is -1.04. The maximum Gasteiger partial charge on any atom is 0.322 e. The van der Waals surface area contributed by atoms with Crippen LogP contribution in [0.4, 0.5) is 0 Å². The minimum atomic E-state index is -0.944. The summed E-state index contributed by atoms with van der Waals surface area (Å²) in [5, 5.41) is 11.6. The summed E-state index contributed by atoms with van der Waals surface area (Å²) in [4.78, 5) is 37.6. The van der Waals surface area contributed by atoms with Crippen molar-refractivity contribution in [1.82, 2.24) is 15.1 Å². The van der Waals surface area contributed by atoms with E-state index >= 15 is 0 Å². The monoisotopic (exact) mass is 285 g/mol. The van der Waals surface area contributed by atoms with Crippen LogP contribution in [0.1, 0.15) is 26.7 Å². The number of nitrogens with zero attached hydrogens (tertiary/aromatic N) is 2. The van der Waals surface area contributed by atoms with Gasteiger partial charge >= 0.3 is 5.97 Å². The average Bonchev–Trinajstić information content (AvgIpc) is 2.39. The Morgan fingerprint density at radius 1 is 1.40 bits per heavy atom. The molecular weight excluding hydrogens is 262 g/mol. The van der Waals surface area contributed by atoms with Crippen molar-refractivity contribution in [2.45, 2.75) is 32.7 Å². The van der Waals surface area contributed by atoms with Gasteiger partial charge in [0.15, 0.2) is 0 Å². The van der Waals surface area contributed by atoms with Gasteiger partial charge in [-0.1, -0.05) is 0 Å². The molecule has 1 saturated heterocycles. The predicted molar refractivity (Wildman–Crippen MR) is 73.2 cm³/mol. The van der Waals surface area contributed by atoms with Crippen molar-refractivity contribution in [3.05, 3.63) is 0 Å². The van der Waals surface area contributed by atoms with Gasteiger partial charge < -0.3 is 15.3 Å². The first kappa shape index (κ1) is 16.4. The van der Waals surface area contributed by atoms with Crippen molar-refractivity contribution < 1.29 is 19.5 Å². The lowest BCUT2D eigenvalue weighted by molar-refractivity contribution is -0.145. The Morgan fingerprint density at radius 2 is 2.05 bits per heavy atom. The fourth-order valence-electron chi connectivity index (χ4n) is 2.34. The van der Waals surface area contributed by atoms with E-state index in [1.807, 2.05) is 13.8 Å². The first-order valence-electron chi connectivity index (χ1n) is 7.00. The fraction of sp³-hybridized carbons (Fsp3) is 0.769. The molecule has 1 aliphatic heterocycles. The molecule has 0 spiro atoms. The lowest BCUT2D eigenvalue weighted by atomic mass is 10.1. The molecule has 2 amide bonds. The Labute approximate surface area is 118 Å². The number of amides is 2. The Morgan fingerprint density at radius 3 is 2.60 bits per heavy atom. The summed E-state index contributed by atoms with van der Waals surface area (Å²) < 4.78 is 0. The number of piperazine rings is 1. The molecule has 1 aliphatic rings. The van der Waals surface area contributed by atoms with Crippen molar-refractivity contribution in [2.75, 3.05) is 32.7 Å². The van der Waals surface area contributed by atoms with Crippen molar-refractivity contribution in [1.29, 1.82) is 0 Å². The normalized spacial score (nSPS) is 19.5. The van der Waals surface area contributed by atoms with Crippen LogP contribution in [0.3, 0.4) is 0 Å². The molecule has 20 heavy (non-hydrogen) atoms. The van der Waals surface area contributed by atoms with E-state index in [4.69, 9.17) is 5.11 Å². The number of aliphatic carboxylic acids is 1. The summed E-state index contributed by atoms with van der Waals surface area (Å²) in [5.41, 5.74) is 0. The van der Waals surface area contributed by atoms with Gasteiger partial charge in [0, 0.05) is 32.6 Å². The molecule has 1 fully saturated rings. The van der Waals surface area contributed by atoms with Crippen LogP contribution in [0.25, 0.3) is 0 Å². The standard InChI is InChI=1S/C13H23N3O4/c1-3-15(4-2)12(18)6-5-7-16-9-11(17)14-8-10(16)13(19)20/h10H,3-9H2,1-2H3,(H,14,17)(H,19,20). The van der Waals surface area contributed by atoms with E-state index in [1.165, 1.54) is 0 Å². The van der Waals surface area contributed by atoms with Crippen LogP contribution in [0.15, 0.2) is 0 Å². The molecule has 0 radical (unpaired) electrons. The van der Waals surface area contributed by atoms with E-state index in [2.05, 4.69) is 5.32 Å². The van der Waals surface area contributed by atoms with Crippen molar-refractivity contribution in [3.63, 3.8) is 0 Å². The highest BCUT2D eigenvalue weighted by molar-refractivity contribution is 5.83. The molecule has 1 unspecified atom stereocenters. The molecular formula is C13H23N3O4. The SMILES string of the molecule is CCN(CC)C(=O)CCCN1CC(=O)NCC1C(=O)O. The maximum atomic E-state index is 11.8. The average molecular weight is 285 g/mol. The number of nitrogens with one attached hydrogen (secondary N) is 1. The van der Waals surface area contributed by atoms with Crippen LogP contribution >= 0.6 is 0 Å². The molecule has 0 aromatic rings. The third-order valence-corrected chi connectivity index (χ3v) is 3.52. The van der Waals surface area contributed by atoms with Gasteiger partial charge in [-0.2, -0.15) is 0 Å². The zero-order valence-corrected chi connectivity index (χ0v) is 12.1. The molecule has 114 valence electrons. The molecule has 0 aliphatic carbocycles. The third kappa shape index (κ3) is 4.48. The van der Waals surface area contributed by atoms with Crippen LogP contribution in [0.5, 0.6) is 0 Å². The second kappa shape index (κ2) is 7.84. The maximum absolute atomic E-state index is 11.8. The van der Waals surface area contributed by atoms with Gasteiger partial charge in [-0.25, -0.2) is 0 Å². The topological polar surface area (TPSA) is 90.0 Å². The van der Waals surface area contributed by atoms with E-state index in [1.54, 1.807) is 9.80 Å². The summed E-state index contributed by atoms with van der Waals surface area (Å²) >= 11 is 0. The van der Waals surface area contributed by atoms with Crippen LogP contribution < -0.4 is 5.32 Å². The Kier molecular flexibility index (Phi) is 6.44. The van der Waals surface area contributed by atoms with Gasteiger partial charge in [-0.15, -0.1) is 0 Å². The minimum Gasteiger partial charge on any atom is -0.480 e. The van der Waals surface area contributed by atoms with Crippen molar-refractivity contribution in [2.24, 2.45) is 0 Å². The van der Waals surface area contributed by atoms with E-state index in [-0.39, 0.29) is 24.9 Å². The molecule has 7 nitrogen and oxygen atoms in total. The molecule has 0 aromatic heterocycles. The van der Waals surface area contributed by atoms with Crippen molar-refractivity contribution >= 4 is 17.8 Å². The smallest absolute Gasteiger partial charge is 0.322 e. The van der Waals surface area contributed by atoms with E-state index in [0.29, 0.717) is 32.5 Å². The predicted octanol–water partition coefficient (Wildman–Crippen LogP) is -0.480. The highest BCUT2D eigenvalue weighted by Gasteiger charge is 2.31. The first-order valence-corrected chi connectivity index (χ1v) is 7.00. The Bertz CT molecular complexity index is 369. The molecule has 0 saturated carbocycles. The number of carbonyl (C=O) groups excluding carboxylic acids is 2. The summed E-state index contributed by atoms with van der Waals surface area (Å²) in [6.07, 6.45) is 0.943. The lowest BCUT2D eigenvalue weighted by Gasteiger charge is -2.32. The van der Waals surface area contributed by atoms with E-state index < -0.39 is 12.0 Å². The number of rotatable bonds is 7. The number of hydrogen-bond donors (Lipinski definition) is 2. The number of carboxylic acid groups (broad SMARTS) is 1. The quantitative estimate of drug-likeness (QED) is 0.659. The van der Waals surface area contributed by atoms with E-state index in [9.17, 15) is 14.4 Å². The number of hydrogen-bond acceptors (Lipinski definition) is 4. The fourth-order valence-corrected chi connectivity index (χ4v) is 2.34.